The van der Waals surface area contributed by atoms with Crippen molar-refractivity contribution >= 4 is 11.8 Å². The van der Waals surface area contributed by atoms with Gasteiger partial charge >= 0.3 is 0 Å². The molecule has 40 heavy (non-hydrogen) atoms. The van der Waals surface area contributed by atoms with Gasteiger partial charge in [0.2, 0.25) is 11.8 Å². The summed E-state index contributed by atoms with van der Waals surface area (Å²) in [6.07, 6.45) is 6.74. The largest absolute Gasteiger partial charge is 0.464 e. The first-order valence-electron chi connectivity index (χ1n) is 15.0. The van der Waals surface area contributed by atoms with Gasteiger partial charge in [0, 0.05) is 32.7 Å². The number of nitrogens with zero attached hydrogens (tertiary/aromatic N) is 3. The third kappa shape index (κ3) is 6.13. The van der Waals surface area contributed by atoms with Gasteiger partial charge in [0.25, 0.3) is 0 Å². The van der Waals surface area contributed by atoms with E-state index in [0.717, 1.165) is 50.2 Å². The molecule has 1 aromatic heterocycles. The molecule has 2 aromatic rings. The quantitative estimate of drug-likeness (QED) is 0.431. The number of benzene rings is 1. The standard InChI is InChI=1S/C32H42FN3O4/c1-23-2-7-29(40-23)21-36(20-24-3-5-28(33)6-4-24)30(37)22-35(9-8-34-10-12-39-13-11-34)31(38)32-17-25-14-26(18-32)16-27(15-25)19-32/h2-7,25-27H,8-22H2,1H3. The highest BCUT2D eigenvalue weighted by Crippen LogP contribution is 2.60. The van der Waals surface area contributed by atoms with E-state index in [1.54, 1.807) is 17.0 Å². The Hall–Kier alpha value is -2.71. The lowest BCUT2D eigenvalue weighted by molar-refractivity contribution is -0.160. The lowest BCUT2D eigenvalue weighted by Gasteiger charge is -2.56. The predicted octanol–water partition coefficient (Wildman–Crippen LogP) is 4.63. The van der Waals surface area contributed by atoms with Crippen LogP contribution in [0.25, 0.3) is 0 Å². The van der Waals surface area contributed by atoms with Gasteiger partial charge in [-0.1, -0.05) is 12.1 Å². The Morgan fingerprint density at radius 1 is 0.925 bits per heavy atom. The summed E-state index contributed by atoms with van der Waals surface area (Å²) in [5.74, 6) is 3.21. The van der Waals surface area contributed by atoms with Gasteiger partial charge in [-0.2, -0.15) is 0 Å². The van der Waals surface area contributed by atoms with E-state index in [1.165, 1.54) is 31.4 Å². The average Bonchev–Trinajstić information content (AvgIpc) is 3.35. The lowest BCUT2D eigenvalue weighted by atomic mass is 9.49. The predicted molar refractivity (Wildman–Crippen MR) is 149 cm³/mol. The van der Waals surface area contributed by atoms with E-state index >= 15 is 0 Å². The van der Waals surface area contributed by atoms with Gasteiger partial charge in [-0.05, 0) is 93.0 Å². The van der Waals surface area contributed by atoms with Crippen molar-refractivity contribution < 1.29 is 23.1 Å². The fraction of sp³-hybridized carbons (Fsp3) is 0.625. The summed E-state index contributed by atoms with van der Waals surface area (Å²) in [7, 11) is 0. The molecule has 4 saturated carbocycles. The monoisotopic (exact) mass is 551 g/mol. The Morgan fingerprint density at radius 2 is 1.57 bits per heavy atom. The van der Waals surface area contributed by atoms with Crippen LogP contribution < -0.4 is 0 Å². The number of hydrogen-bond acceptors (Lipinski definition) is 5. The average molecular weight is 552 g/mol. The van der Waals surface area contributed by atoms with Crippen LogP contribution in [0.2, 0.25) is 0 Å². The maximum atomic E-state index is 14.4. The number of carbonyl (C=O) groups is 2. The Balaban J connectivity index is 1.22. The smallest absolute Gasteiger partial charge is 0.242 e. The Kier molecular flexibility index (Phi) is 8.00. The van der Waals surface area contributed by atoms with Gasteiger partial charge in [0.1, 0.15) is 17.3 Å². The van der Waals surface area contributed by atoms with Crippen molar-refractivity contribution in [3.63, 3.8) is 0 Å². The number of amides is 2. The van der Waals surface area contributed by atoms with Crippen LogP contribution in [0.15, 0.2) is 40.8 Å². The Labute approximate surface area is 236 Å². The van der Waals surface area contributed by atoms with Gasteiger partial charge in [-0.25, -0.2) is 4.39 Å². The van der Waals surface area contributed by atoms with Gasteiger partial charge in [0.15, 0.2) is 0 Å². The summed E-state index contributed by atoms with van der Waals surface area (Å²) < 4.78 is 24.9. The van der Waals surface area contributed by atoms with Gasteiger partial charge in [0.05, 0.1) is 31.7 Å². The van der Waals surface area contributed by atoms with Crippen molar-refractivity contribution in [2.24, 2.45) is 23.2 Å². The Bertz CT molecular complexity index is 1150. The van der Waals surface area contributed by atoms with Crippen LogP contribution in [-0.4, -0.2) is 72.5 Å². The molecule has 7 rings (SSSR count). The molecule has 5 aliphatic rings. The minimum Gasteiger partial charge on any atom is -0.464 e. The molecule has 2 amide bonds. The minimum absolute atomic E-state index is 0.0474. The molecule has 5 fully saturated rings. The summed E-state index contributed by atoms with van der Waals surface area (Å²) >= 11 is 0. The van der Waals surface area contributed by atoms with Gasteiger partial charge in [-0.3, -0.25) is 14.5 Å². The van der Waals surface area contributed by atoms with Crippen molar-refractivity contribution in [3.8, 4) is 0 Å². The van der Waals surface area contributed by atoms with Crippen LogP contribution in [0.1, 0.15) is 55.6 Å². The van der Waals surface area contributed by atoms with Crippen LogP contribution in [0.3, 0.4) is 0 Å². The number of furan rings is 1. The second-order valence-electron chi connectivity index (χ2n) is 12.8. The molecule has 0 N–H and O–H groups in total. The molecule has 7 nitrogen and oxygen atoms in total. The topological polar surface area (TPSA) is 66.2 Å². The molecule has 4 aliphatic carbocycles. The fourth-order valence-corrected chi connectivity index (χ4v) is 8.11. The lowest BCUT2D eigenvalue weighted by Crippen LogP contribution is -2.57. The first kappa shape index (κ1) is 27.5. The highest BCUT2D eigenvalue weighted by molar-refractivity contribution is 5.88. The zero-order valence-corrected chi connectivity index (χ0v) is 23.7. The first-order chi connectivity index (χ1) is 19.3. The van der Waals surface area contributed by atoms with E-state index < -0.39 is 0 Å². The number of aryl methyl sites for hydroxylation is 1. The van der Waals surface area contributed by atoms with E-state index in [-0.39, 0.29) is 29.6 Å². The molecule has 8 heteroatoms. The van der Waals surface area contributed by atoms with E-state index in [9.17, 15) is 14.0 Å². The minimum atomic E-state index is -0.307. The first-order valence-corrected chi connectivity index (χ1v) is 15.0. The van der Waals surface area contributed by atoms with E-state index in [4.69, 9.17) is 9.15 Å². The third-order valence-electron chi connectivity index (χ3n) is 9.68. The molecule has 0 spiro atoms. The number of ether oxygens (including phenoxy) is 1. The molecule has 216 valence electrons. The maximum Gasteiger partial charge on any atom is 0.242 e. The van der Waals surface area contributed by atoms with Crippen molar-refractivity contribution in [1.82, 2.24) is 14.7 Å². The SMILES string of the molecule is Cc1ccc(CN(Cc2ccc(F)cc2)C(=O)CN(CCN2CCOCC2)C(=O)C23CC4CC(CC(C4)C2)C3)o1. The number of hydrogen-bond donors (Lipinski definition) is 0. The van der Waals surface area contributed by atoms with Crippen LogP contribution in [-0.2, 0) is 27.4 Å². The van der Waals surface area contributed by atoms with E-state index in [2.05, 4.69) is 4.90 Å². The Morgan fingerprint density at radius 3 is 2.17 bits per heavy atom. The number of rotatable bonds is 10. The summed E-state index contributed by atoms with van der Waals surface area (Å²) in [6, 6.07) is 10.0. The van der Waals surface area contributed by atoms with Gasteiger partial charge < -0.3 is 19.0 Å². The van der Waals surface area contributed by atoms with E-state index in [1.807, 2.05) is 24.0 Å². The summed E-state index contributed by atoms with van der Waals surface area (Å²) in [6.45, 7) is 6.93. The van der Waals surface area contributed by atoms with Crippen LogP contribution in [0.5, 0.6) is 0 Å². The number of morpholine rings is 1. The number of halogens is 1. The van der Waals surface area contributed by atoms with Crippen LogP contribution in [0, 0.1) is 35.9 Å². The maximum absolute atomic E-state index is 14.4. The van der Waals surface area contributed by atoms with Crippen LogP contribution >= 0.6 is 0 Å². The molecule has 0 atom stereocenters. The summed E-state index contributed by atoms with van der Waals surface area (Å²) in [4.78, 5) is 34.4. The second-order valence-corrected chi connectivity index (χ2v) is 12.8. The molecule has 1 aliphatic heterocycles. The molecule has 1 saturated heterocycles. The van der Waals surface area contributed by atoms with Crippen molar-refractivity contribution in [1.29, 1.82) is 0 Å². The molecule has 0 radical (unpaired) electrons. The van der Waals surface area contributed by atoms with Crippen LogP contribution in [0.4, 0.5) is 4.39 Å². The molecule has 1 aromatic carbocycles. The van der Waals surface area contributed by atoms with Crippen molar-refractivity contribution in [2.75, 3.05) is 45.9 Å². The van der Waals surface area contributed by atoms with Gasteiger partial charge in [-0.15, -0.1) is 0 Å². The number of carbonyl (C=O) groups excluding carboxylic acids is 2. The molecule has 2 heterocycles. The second kappa shape index (κ2) is 11.6. The molecule has 4 bridgehead atoms. The van der Waals surface area contributed by atoms with Crippen molar-refractivity contribution in [3.05, 3.63) is 59.3 Å². The third-order valence-corrected chi connectivity index (χ3v) is 9.68. The molecule has 0 unspecified atom stereocenters. The highest BCUT2D eigenvalue weighted by Gasteiger charge is 2.55. The molecular formula is C32H42FN3O4. The zero-order chi connectivity index (χ0) is 27.7. The molecular weight excluding hydrogens is 509 g/mol. The highest BCUT2D eigenvalue weighted by atomic mass is 19.1. The summed E-state index contributed by atoms with van der Waals surface area (Å²) in [5, 5.41) is 0. The zero-order valence-electron chi connectivity index (χ0n) is 23.7. The summed E-state index contributed by atoms with van der Waals surface area (Å²) in [5.41, 5.74) is 0.533. The normalized spacial score (nSPS) is 27.6. The van der Waals surface area contributed by atoms with Crippen molar-refractivity contribution in [2.45, 2.75) is 58.5 Å². The fourth-order valence-electron chi connectivity index (χ4n) is 8.11. The van der Waals surface area contributed by atoms with E-state index in [0.29, 0.717) is 56.4 Å².